The van der Waals surface area contributed by atoms with E-state index in [1.807, 2.05) is 56.3 Å². The second kappa shape index (κ2) is 7.91. The topological polar surface area (TPSA) is 86.9 Å². The van der Waals surface area contributed by atoms with Crippen LogP contribution >= 0.6 is 0 Å². The molecule has 0 saturated heterocycles. The summed E-state index contributed by atoms with van der Waals surface area (Å²) in [7, 11) is 0. The maximum absolute atomic E-state index is 13.1. The molecule has 0 radical (unpaired) electrons. The summed E-state index contributed by atoms with van der Waals surface area (Å²) in [5, 5.41) is 6.42. The molecule has 1 unspecified atom stereocenters. The first-order valence-corrected chi connectivity index (χ1v) is 9.84. The van der Waals surface area contributed by atoms with E-state index in [1.54, 1.807) is 12.4 Å². The Labute approximate surface area is 169 Å². The van der Waals surface area contributed by atoms with Gasteiger partial charge >= 0.3 is 0 Å². The SMILES string of the molecule is CC(C)C(=O)NC1CC(=O)c2c([nH]c(-c3ccncc3)c2Nc2ccccc2)C1. The molecule has 3 aromatic rings. The van der Waals surface area contributed by atoms with E-state index in [9.17, 15) is 9.59 Å². The number of H-pyrrole nitrogens is 1. The van der Waals surface area contributed by atoms with Gasteiger partial charge in [-0.3, -0.25) is 14.6 Å². The number of nitrogens with one attached hydrogen (secondary N) is 3. The molecular weight excluding hydrogens is 364 g/mol. The van der Waals surface area contributed by atoms with E-state index in [0.717, 1.165) is 28.3 Å². The summed E-state index contributed by atoms with van der Waals surface area (Å²) in [6, 6.07) is 13.4. The highest BCUT2D eigenvalue weighted by molar-refractivity contribution is 6.08. The van der Waals surface area contributed by atoms with Crippen LogP contribution < -0.4 is 10.6 Å². The standard InChI is InChI=1S/C23H24N4O2/c1-14(2)23(29)26-17-12-18-20(19(28)13-17)22(25-16-6-4-3-5-7-16)21(27-18)15-8-10-24-11-9-15/h3-11,14,17,25,27H,12-13H2,1-2H3,(H,26,29). The van der Waals surface area contributed by atoms with Gasteiger partial charge in [0.25, 0.3) is 0 Å². The Hall–Kier alpha value is -3.41. The maximum Gasteiger partial charge on any atom is 0.222 e. The van der Waals surface area contributed by atoms with Gasteiger partial charge in [0.2, 0.25) is 5.91 Å². The average Bonchev–Trinajstić information content (AvgIpc) is 3.08. The highest BCUT2D eigenvalue weighted by Crippen LogP contribution is 2.38. The number of hydrogen-bond acceptors (Lipinski definition) is 4. The number of hydrogen-bond donors (Lipinski definition) is 3. The van der Waals surface area contributed by atoms with Crippen LogP contribution in [0, 0.1) is 5.92 Å². The molecule has 0 aliphatic heterocycles. The molecule has 0 saturated carbocycles. The first-order chi connectivity index (χ1) is 14.0. The Morgan fingerprint density at radius 3 is 2.52 bits per heavy atom. The molecule has 2 aromatic heterocycles. The van der Waals surface area contributed by atoms with E-state index >= 15 is 0 Å². The molecular formula is C23H24N4O2. The van der Waals surface area contributed by atoms with Crippen LogP contribution in [-0.2, 0) is 11.2 Å². The molecule has 4 rings (SSSR count). The zero-order valence-corrected chi connectivity index (χ0v) is 16.5. The lowest BCUT2D eigenvalue weighted by atomic mass is 9.90. The van der Waals surface area contributed by atoms with Gasteiger partial charge in [0, 0.05) is 54.1 Å². The predicted molar refractivity (Wildman–Crippen MR) is 113 cm³/mol. The molecule has 0 spiro atoms. The van der Waals surface area contributed by atoms with Crippen LogP contribution in [0.1, 0.15) is 36.3 Å². The van der Waals surface area contributed by atoms with Crippen molar-refractivity contribution in [1.82, 2.24) is 15.3 Å². The second-order valence-electron chi connectivity index (χ2n) is 7.65. The normalized spacial score (nSPS) is 15.8. The number of aromatic nitrogens is 2. The Morgan fingerprint density at radius 2 is 1.83 bits per heavy atom. The molecule has 2 heterocycles. The first kappa shape index (κ1) is 18.9. The summed E-state index contributed by atoms with van der Waals surface area (Å²) >= 11 is 0. The molecule has 29 heavy (non-hydrogen) atoms. The van der Waals surface area contributed by atoms with Gasteiger partial charge in [0.05, 0.1) is 16.9 Å². The number of rotatable bonds is 5. The van der Waals surface area contributed by atoms with Crippen molar-refractivity contribution < 1.29 is 9.59 Å². The number of amides is 1. The van der Waals surface area contributed by atoms with E-state index < -0.39 is 0 Å². The molecule has 6 nitrogen and oxygen atoms in total. The number of pyridine rings is 1. The fourth-order valence-electron chi connectivity index (χ4n) is 3.65. The third-order valence-electron chi connectivity index (χ3n) is 5.12. The molecule has 1 aliphatic carbocycles. The van der Waals surface area contributed by atoms with Crippen molar-refractivity contribution in [2.45, 2.75) is 32.7 Å². The third kappa shape index (κ3) is 3.92. The van der Waals surface area contributed by atoms with Crippen molar-refractivity contribution in [3.8, 4) is 11.3 Å². The van der Waals surface area contributed by atoms with Crippen LogP contribution in [0.4, 0.5) is 11.4 Å². The number of fused-ring (bicyclic) bond motifs is 1. The third-order valence-corrected chi connectivity index (χ3v) is 5.12. The molecule has 1 atom stereocenters. The average molecular weight is 388 g/mol. The van der Waals surface area contributed by atoms with Gasteiger partial charge in [-0.2, -0.15) is 0 Å². The van der Waals surface area contributed by atoms with E-state index in [-0.39, 0.29) is 23.7 Å². The van der Waals surface area contributed by atoms with Gasteiger partial charge in [-0.25, -0.2) is 0 Å². The van der Waals surface area contributed by atoms with Gasteiger partial charge in [-0.15, -0.1) is 0 Å². The molecule has 148 valence electrons. The quantitative estimate of drug-likeness (QED) is 0.614. The molecule has 6 heteroatoms. The molecule has 1 amide bonds. The highest BCUT2D eigenvalue weighted by Gasteiger charge is 2.32. The van der Waals surface area contributed by atoms with Gasteiger partial charge in [-0.1, -0.05) is 32.0 Å². The summed E-state index contributed by atoms with van der Waals surface area (Å²) in [6.45, 7) is 3.70. The fourth-order valence-corrected chi connectivity index (χ4v) is 3.65. The van der Waals surface area contributed by atoms with Crippen LogP contribution in [0.3, 0.4) is 0 Å². The van der Waals surface area contributed by atoms with E-state index in [2.05, 4.69) is 20.6 Å². The van der Waals surface area contributed by atoms with E-state index in [0.29, 0.717) is 18.4 Å². The Kier molecular flexibility index (Phi) is 5.16. The van der Waals surface area contributed by atoms with Crippen molar-refractivity contribution in [2.75, 3.05) is 5.32 Å². The number of carbonyl (C=O) groups excluding carboxylic acids is 2. The van der Waals surface area contributed by atoms with Crippen molar-refractivity contribution in [1.29, 1.82) is 0 Å². The second-order valence-corrected chi connectivity index (χ2v) is 7.65. The lowest BCUT2D eigenvalue weighted by Crippen LogP contribution is -2.42. The van der Waals surface area contributed by atoms with Crippen LogP contribution in [0.5, 0.6) is 0 Å². The number of nitrogens with zero attached hydrogens (tertiary/aromatic N) is 1. The Morgan fingerprint density at radius 1 is 1.10 bits per heavy atom. The minimum atomic E-state index is -0.196. The summed E-state index contributed by atoms with van der Waals surface area (Å²) in [5.41, 5.74) is 5.01. The van der Waals surface area contributed by atoms with Gasteiger partial charge in [0.1, 0.15) is 0 Å². The minimum Gasteiger partial charge on any atom is -0.356 e. The number of aromatic amines is 1. The molecule has 1 aromatic carbocycles. The number of para-hydroxylation sites is 1. The van der Waals surface area contributed by atoms with Gasteiger partial charge in [-0.05, 0) is 24.3 Å². The summed E-state index contributed by atoms with van der Waals surface area (Å²) in [5.74, 6) is -0.122. The van der Waals surface area contributed by atoms with E-state index in [4.69, 9.17) is 0 Å². The predicted octanol–water partition coefficient (Wildman–Crippen LogP) is 4.09. The Balaban J connectivity index is 1.74. The summed E-state index contributed by atoms with van der Waals surface area (Å²) in [4.78, 5) is 32.7. The van der Waals surface area contributed by atoms with Crippen molar-refractivity contribution in [3.63, 3.8) is 0 Å². The number of Topliss-reactive ketones (excluding diaryl/α,β-unsaturated/α-hetero) is 1. The largest absolute Gasteiger partial charge is 0.356 e. The highest BCUT2D eigenvalue weighted by atomic mass is 16.2. The summed E-state index contributed by atoms with van der Waals surface area (Å²) in [6.07, 6.45) is 4.35. The monoisotopic (exact) mass is 388 g/mol. The van der Waals surface area contributed by atoms with Crippen LogP contribution in [-0.4, -0.2) is 27.7 Å². The summed E-state index contributed by atoms with van der Waals surface area (Å²) < 4.78 is 0. The molecule has 0 fully saturated rings. The zero-order chi connectivity index (χ0) is 20.4. The zero-order valence-electron chi connectivity index (χ0n) is 16.5. The number of ketones is 1. The smallest absolute Gasteiger partial charge is 0.222 e. The fraction of sp³-hybridized carbons (Fsp3) is 0.261. The lowest BCUT2D eigenvalue weighted by Gasteiger charge is -2.24. The Bertz CT molecular complexity index is 1030. The van der Waals surface area contributed by atoms with Crippen LogP contribution in [0.2, 0.25) is 0 Å². The van der Waals surface area contributed by atoms with Gasteiger partial charge < -0.3 is 15.6 Å². The minimum absolute atomic E-state index is 0.0234. The first-order valence-electron chi connectivity index (χ1n) is 9.84. The van der Waals surface area contributed by atoms with Crippen molar-refractivity contribution in [3.05, 3.63) is 66.1 Å². The molecule has 0 bridgehead atoms. The van der Waals surface area contributed by atoms with E-state index in [1.165, 1.54) is 0 Å². The number of carbonyl (C=O) groups is 2. The molecule has 1 aliphatic rings. The van der Waals surface area contributed by atoms with Crippen LogP contribution in [0.25, 0.3) is 11.3 Å². The number of benzene rings is 1. The van der Waals surface area contributed by atoms with Crippen LogP contribution in [0.15, 0.2) is 54.9 Å². The number of anilines is 2. The van der Waals surface area contributed by atoms with Crippen molar-refractivity contribution in [2.24, 2.45) is 5.92 Å². The molecule has 3 N–H and O–H groups in total. The lowest BCUT2D eigenvalue weighted by molar-refractivity contribution is -0.124. The van der Waals surface area contributed by atoms with Crippen molar-refractivity contribution >= 4 is 23.1 Å². The maximum atomic E-state index is 13.1. The van der Waals surface area contributed by atoms with Gasteiger partial charge in [0.15, 0.2) is 5.78 Å².